The minimum Gasteiger partial charge on any atom is -0.493 e. The summed E-state index contributed by atoms with van der Waals surface area (Å²) in [5, 5.41) is 0. The van der Waals surface area contributed by atoms with Crippen molar-refractivity contribution in [1.82, 2.24) is 0 Å². The summed E-state index contributed by atoms with van der Waals surface area (Å²) in [5.41, 5.74) is 1.20. The molecule has 0 bridgehead atoms. The van der Waals surface area contributed by atoms with Crippen LogP contribution in [0.3, 0.4) is 0 Å². The van der Waals surface area contributed by atoms with Crippen molar-refractivity contribution in [2.75, 3.05) is 13.7 Å². The second kappa shape index (κ2) is 19.3. The fourth-order valence-corrected chi connectivity index (χ4v) is 3.66. The summed E-state index contributed by atoms with van der Waals surface area (Å²) in [6, 6.07) is 6.14. The first kappa shape index (κ1) is 26.3. The predicted octanol–water partition coefficient (Wildman–Crippen LogP) is 8.84. The Kier molecular flexibility index (Phi) is 16.9. The Hall–Kier alpha value is -1.70. The monoisotopic (exact) mass is 414 g/mol. The van der Waals surface area contributed by atoms with Crippen molar-refractivity contribution in [1.29, 1.82) is 0 Å². The zero-order valence-electron chi connectivity index (χ0n) is 19.8. The largest absolute Gasteiger partial charge is 0.493 e. The highest BCUT2D eigenvalue weighted by Crippen LogP contribution is 2.28. The fraction of sp³-hybridized carbons (Fsp3) is 0.643. The highest BCUT2D eigenvalue weighted by atomic mass is 16.5. The van der Waals surface area contributed by atoms with E-state index in [0.717, 1.165) is 30.9 Å². The van der Waals surface area contributed by atoms with Crippen molar-refractivity contribution in [2.24, 2.45) is 0 Å². The quantitative estimate of drug-likeness (QED) is 0.157. The van der Waals surface area contributed by atoms with Gasteiger partial charge in [0.2, 0.25) is 0 Å². The number of unbranched alkanes of at least 4 members (excludes halogenated alkanes) is 12. The van der Waals surface area contributed by atoms with Gasteiger partial charge in [-0.15, -0.1) is 6.58 Å². The third kappa shape index (κ3) is 13.5. The van der Waals surface area contributed by atoms with Gasteiger partial charge < -0.3 is 9.47 Å². The maximum absolute atomic E-state index is 5.92. The van der Waals surface area contributed by atoms with Crippen LogP contribution in [0.1, 0.15) is 102 Å². The van der Waals surface area contributed by atoms with Crippen LogP contribution in [0.5, 0.6) is 11.5 Å². The van der Waals surface area contributed by atoms with E-state index < -0.39 is 0 Å². The first-order valence-corrected chi connectivity index (χ1v) is 12.4. The SMILES string of the molecule is C=CCc1ccc(OCCCCCCCC/C=C\CCCCCCCC)c(OC)c1. The molecule has 0 radical (unpaired) electrons. The summed E-state index contributed by atoms with van der Waals surface area (Å²) in [6.45, 7) is 6.83. The zero-order valence-corrected chi connectivity index (χ0v) is 19.8. The van der Waals surface area contributed by atoms with Crippen molar-refractivity contribution in [3.8, 4) is 11.5 Å². The molecule has 0 fully saturated rings. The van der Waals surface area contributed by atoms with E-state index in [4.69, 9.17) is 9.47 Å². The molecule has 2 nitrogen and oxygen atoms in total. The molecule has 1 rings (SSSR count). The molecule has 0 atom stereocenters. The number of methoxy groups -OCH3 is 1. The average molecular weight is 415 g/mol. The number of benzene rings is 1. The van der Waals surface area contributed by atoms with Gasteiger partial charge in [-0.05, 0) is 56.2 Å². The first-order chi connectivity index (χ1) is 14.8. The van der Waals surface area contributed by atoms with Gasteiger partial charge in [0.1, 0.15) is 0 Å². The molecule has 0 saturated heterocycles. The van der Waals surface area contributed by atoms with Crippen LogP contribution in [-0.2, 0) is 6.42 Å². The van der Waals surface area contributed by atoms with Crippen LogP contribution in [-0.4, -0.2) is 13.7 Å². The van der Waals surface area contributed by atoms with Gasteiger partial charge >= 0.3 is 0 Å². The maximum atomic E-state index is 5.92. The zero-order chi connectivity index (χ0) is 21.7. The number of rotatable bonds is 20. The van der Waals surface area contributed by atoms with Gasteiger partial charge in [0.05, 0.1) is 13.7 Å². The summed E-state index contributed by atoms with van der Waals surface area (Å²) in [6.07, 6.45) is 26.1. The Morgan fingerprint density at radius 3 is 1.97 bits per heavy atom. The fourth-order valence-electron chi connectivity index (χ4n) is 3.66. The summed E-state index contributed by atoms with van der Waals surface area (Å²) >= 11 is 0. The topological polar surface area (TPSA) is 18.5 Å². The third-order valence-corrected chi connectivity index (χ3v) is 5.52. The lowest BCUT2D eigenvalue weighted by Crippen LogP contribution is -2.00. The predicted molar refractivity (Wildman–Crippen MR) is 132 cm³/mol. The van der Waals surface area contributed by atoms with Gasteiger partial charge in [-0.1, -0.05) is 89.0 Å². The van der Waals surface area contributed by atoms with E-state index in [1.165, 1.54) is 89.0 Å². The molecular weight excluding hydrogens is 368 g/mol. The molecule has 1 aromatic rings. The maximum Gasteiger partial charge on any atom is 0.161 e. The number of ether oxygens (including phenoxy) is 2. The van der Waals surface area contributed by atoms with E-state index in [0.29, 0.717) is 0 Å². The molecule has 2 heteroatoms. The molecule has 0 amide bonds. The van der Waals surface area contributed by atoms with E-state index in [-0.39, 0.29) is 0 Å². The van der Waals surface area contributed by atoms with Gasteiger partial charge in [0.15, 0.2) is 11.5 Å². The molecule has 0 aromatic heterocycles. The highest BCUT2D eigenvalue weighted by molar-refractivity contribution is 5.43. The van der Waals surface area contributed by atoms with Gasteiger partial charge in [0, 0.05) is 0 Å². The molecule has 0 unspecified atom stereocenters. The van der Waals surface area contributed by atoms with E-state index >= 15 is 0 Å². The Labute approximate surface area is 186 Å². The molecule has 0 saturated carbocycles. The average Bonchev–Trinajstić information content (AvgIpc) is 2.76. The van der Waals surface area contributed by atoms with Crippen LogP contribution in [0.15, 0.2) is 43.0 Å². The lowest BCUT2D eigenvalue weighted by Gasteiger charge is -2.11. The van der Waals surface area contributed by atoms with E-state index in [9.17, 15) is 0 Å². The van der Waals surface area contributed by atoms with Crippen LogP contribution < -0.4 is 9.47 Å². The molecule has 1 aromatic carbocycles. The van der Waals surface area contributed by atoms with E-state index in [2.05, 4.69) is 31.7 Å². The van der Waals surface area contributed by atoms with Gasteiger partial charge in [-0.25, -0.2) is 0 Å². The highest BCUT2D eigenvalue weighted by Gasteiger charge is 2.05. The Balaban J connectivity index is 1.94. The molecule has 170 valence electrons. The summed E-state index contributed by atoms with van der Waals surface area (Å²) in [4.78, 5) is 0. The Bertz CT molecular complexity index is 562. The number of hydrogen-bond donors (Lipinski definition) is 0. The summed E-state index contributed by atoms with van der Waals surface area (Å²) < 4.78 is 11.4. The molecule has 0 aliphatic carbocycles. The normalized spacial score (nSPS) is 11.1. The van der Waals surface area contributed by atoms with Crippen LogP contribution in [0.4, 0.5) is 0 Å². The second-order valence-corrected chi connectivity index (χ2v) is 8.26. The molecule has 0 aliphatic heterocycles. The van der Waals surface area contributed by atoms with Crippen LogP contribution >= 0.6 is 0 Å². The van der Waals surface area contributed by atoms with Crippen LogP contribution in [0, 0.1) is 0 Å². The lowest BCUT2D eigenvalue weighted by atomic mass is 10.1. The molecule has 0 spiro atoms. The number of allylic oxidation sites excluding steroid dienone is 3. The number of hydrogen-bond acceptors (Lipinski definition) is 2. The Morgan fingerprint density at radius 2 is 1.37 bits per heavy atom. The van der Waals surface area contributed by atoms with Crippen molar-refractivity contribution >= 4 is 0 Å². The molecule has 0 N–H and O–H groups in total. The molecular formula is C28H46O2. The standard InChI is InChI=1S/C28H46O2/c1-4-6-7-8-9-10-11-12-13-14-15-16-17-18-19-20-24-30-27-23-22-26(21-5-2)25-28(27)29-3/h5,12-13,22-23,25H,2,4,6-11,14-21,24H2,1,3H3/b13-12-. The molecule has 0 heterocycles. The Morgan fingerprint density at radius 1 is 0.767 bits per heavy atom. The van der Waals surface area contributed by atoms with E-state index in [1.54, 1.807) is 7.11 Å². The third-order valence-electron chi connectivity index (χ3n) is 5.52. The molecule has 30 heavy (non-hydrogen) atoms. The lowest BCUT2D eigenvalue weighted by molar-refractivity contribution is 0.284. The minimum atomic E-state index is 0.762. The summed E-state index contributed by atoms with van der Waals surface area (Å²) in [5.74, 6) is 1.66. The van der Waals surface area contributed by atoms with Crippen molar-refractivity contribution in [3.05, 3.63) is 48.6 Å². The van der Waals surface area contributed by atoms with Crippen molar-refractivity contribution in [3.63, 3.8) is 0 Å². The van der Waals surface area contributed by atoms with Gasteiger partial charge in [0.25, 0.3) is 0 Å². The van der Waals surface area contributed by atoms with Crippen molar-refractivity contribution in [2.45, 2.75) is 103 Å². The van der Waals surface area contributed by atoms with Crippen LogP contribution in [0.2, 0.25) is 0 Å². The van der Waals surface area contributed by atoms with Crippen LogP contribution in [0.25, 0.3) is 0 Å². The van der Waals surface area contributed by atoms with Gasteiger partial charge in [-0.3, -0.25) is 0 Å². The van der Waals surface area contributed by atoms with Gasteiger partial charge in [-0.2, -0.15) is 0 Å². The first-order valence-electron chi connectivity index (χ1n) is 12.4. The molecule has 0 aliphatic rings. The smallest absolute Gasteiger partial charge is 0.161 e. The summed E-state index contributed by atoms with van der Waals surface area (Å²) in [7, 11) is 1.70. The van der Waals surface area contributed by atoms with Crippen molar-refractivity contribution < 1.29 is 9.47 Å². The minimum absolute atomic E-state index is 0.762. The van der Waals surface area contributed by atoms with E-state index in [1.807, 2.05) is 18.2 Å². The second-order valence-electron chi connectivity index (χ2n) is 8.26.